The van der Waals surface area contributed by atoms with E-state index in [1.165, 1.54) is 58.2 Å². The lowest BCUT2D eigenvalue weighted by molar-refractivity contribution is -0.931. The summed E-state index contributed by atoms with van der Waals surface area (Å²) in [6.45, 7) is 18.2. The molecule has 0 fully saturated rings. The molecule has 1 atom stereocenters. The summed E-state index contributed by atoms with van der Waals surface area (Å²) in [6, 6.07) is 0. The van der Waals surface area contributed by atoms with E-state index in [9.17, 15) is 15.0 Å². The van der Waals surface area contributed by atoms with Crippen LogP contribution in [0.1, 0.15) is 87.0 Å². The summed E-state index contributed by atoms with van der Waals surface area (Å²) in [5, 5.41) is 19.7. The van der Waals surface area contributed by atoms with Crippen LogP contribution in [0.15, 0.2) is 0 Å². The van der Waals surface area contributed by atoms with Crippen molar-refractivity contribution in [3.05, 3.63) is 0 Å². The van der Waals surface area contributed by atoms with Gasteiger partial charge in [-0.05, 0) is 26.2 Å². The minimum atomic E-state index is -1.01. The van der Waals surface area contributed by atoms with Crippen molar-refractivity contribution in [2.45, 2.75) is 93.1 Å². The van der Waals surface area contributed by atoms with Gasteiger partial charge in [0.15, 0.2) is 0 Å². The molecule has 0 aliphatic heterocycles. The highest BCUT2D eigenvalue weighted by molar-refractivity contribution is 5.70. The van der Waals surface area contributed by atoms with E-state index in [0.717, 1.165) is 11.0 Å². The van der Waals surface area contributed by atoms with E-state index >= 15 is 0 Å². The predicted octanol–water partition coefficient (Wildman–Crippen LogP) is 3.37. The van der Waals surface area contributed by atoms with Gasteiger partial charge >= 0.3 is 0 Å². The third kappa shape index (κ3) is 13.8. The third-order valence-electron chi connectivity index (χ3n) is 4.22. The quantitative estimate of drug-likeness (QED) is 0.584. The fourth-order valence-electron chi connectivity index (χ4n) is 2.65. The maximum Gasteiger partial charge on any atom is 0.105 e. The van der Waals surface area contributed by atoms with Gasteiger partial charge in [0, 0.05) is 11.4 Å². The molecule has 0 spiro atoms. The summed E-state index contributed by atoms with van der Waals surface area (Å²) in [4.78, 5) is 9.91. The maximum atomic E-state index is 9.91. The molecule has 0 amide bonds. The minimum Gasteiger partial charge on any atom is -0.550 e. The van der Waals surface area contributed by atoms with Gasteiger partial charge in [-0.2, -0.15) is 0 Å². The molecule has 146 valence electrons. The average Bonchev–Trinajstić information content (AvgIpc) is 2.47. The van der Waals surface area contributed by atoms with Crippen molar-refractivity contribution in [1.82, 2.24) is 0 Å². The molecule has 0 rings (SSSR count). The van der Waals surface area contributed by atoms with Crippen LogP contribution < -0.4 is 5.11 Å². The molecule has 0 saturated heterocycles. The molecule has 0 heterocycles. The molecule has 1 N–H and O–H groups in total. The number of carbonyl (C=O) groups is 1. The number of unbranched alkanes of at least 4 members (excludes halogenated alkanes) is 3. The molecular formula is C20H43NO3. The van der Waals surface area contributed by atoms with Crippen molar-refractivity contribution in [2.24, 2.45) is 5.41 Å². The molecule has 0 saturated carbocycles. The van der Waals surface area contributed by atoms with Crippen LogP contribution in [0.25, 0.3) is 0 Å². The number of rotatable bonds is 11. The van der Waals surface area contributed by atoms with Crippen molar-refractivity contribution in [1.29, 1.82) is 0 Å². The van der Waals surface area contributed by atoms with Crippen molar-refractivity contribution in [3.63, 3.8) is 0 Å². The lowest BCUT2D eigenvalue weighted by Gasteiger charge is -2.40. The fourth-order valence-corrected chi connectivity index (χ4v) is 2.65. The first kappa shape index (κ1) is 25.6. The first-order valence-electron chi connectivity index (χ1n) is 9.79. The Hall–Kier alpha value is -0.610. The molecule has 0 aliphatic rings. The van der Waals surface area contributed by atoms with Gasteiger partial charge in [0.2, 0.25) is 0 Å². The highest BCUT2D eigenvalue weighted by Gasteiger charge is 2.27. The Morgan fingerprint density at radius 2 is 1.25 bits per heavy atom. The van der Waals surface area contributed by atoms with Crippen LogP contribution in [-0.4, -0.2) is 47.8 Å². The molecule has 4 nitrogen and oxygen atoms in total. The zero-order chi connectivity index (χ0) is 19.2. The summed E-state index contributed by atoms with van der Waals surface area (Å²) in [5.41, 5.74) is -0.694. The lowest BCUT2D eigenvalue weighted by Crippen LogP contribution is -2.53. The molecule has 0 aliphatic carbocycles. The van der Waals surface area contributed by atoms with Gasteiger partial charge in [-0.3, -0.25) is 0 Å². The van der Waals surface area contributed by atoms with Crippen LogP contribution in [0.4, 0.5) is 0 Å². The Kier molecular flexibility index (Phi) is 14.6. The molecule has 0 aromatic rings. The molecular weight excluding hydrogens is 302 g/mol. The predicted molar refractivity (Wildman–Crippen MR) is 101 cm³/mol. The second kappa shape index (κ2) is 13.7. The van der Waals surface area contributed by atoms with Crippen molar-refractivity contribution in [3.8, 4) is 0 Å². The summed E-state index contributed by atoms with van der Waals surface area (Å²) < 4.78 is 1.15. The number of carboxylic acids is 1. The summed E-state index contributed by atoms with van der Waals surface area (Å²) >= 11 is 0. The van der Waals surface area contributed by atoms with Gasteiger partial charge in [0.25, 0.3) is 0 Å². The smallest absolute Gasteiger partial charge is 0.105 e. The SMILES string of the molecule is CC(C)(C)C(=O)[O-].CCCC[N+](CCCC)(CCCC)CC(C)O. The average molecular weight is 346 g/mol. The van der Waals surface area contributed by atoms with Crippen LogP contribution in [0.2, 0.25) is 0 Å². The number of quaternary nitrogens is 1. The van der Waals surface area contributed by atoms with E-state index in [1.807, 2.05) is 6.92 Å². The summed E-state index contributed by atoms with van der Waals surface area (Å²) in [5.74, 6) is -1.01. The van der Waals surface area contributed by atoms with Crippen molar-refractivity contribution >= 4 is 5.97 Å². The van der Waals surface area contributed by atoms with Crippen LogP contribution in [0, 0.1) is 5.41 Å². The fraction of sp³-hybridized carbons (Fsp3) is 0.950. The molecule has 0 bridgehead atoms. The molecule has 0 aromatic carbocycles. The number of aliphatic hydroxyl groups excluding tert-OH is 1. The first-order valence-corrected chi connectivity index (χ1v) is 9.79. The van der Waals surface area contributed by atoms with E-state index in [-0.39, 0.29) is 6.10 Å². The molecule has 0 radical (unpaired) electrons. The monoisotopic (exact) mass is 345 g/mol. The Labute approximate surface area is 150 Å². The van der Waals surface area contributed by atoms with Gasteiger partial charge in [-0.15, -0.1) is 0 Å². The molecule has 0 aromatic heterocycles. The van der Waals surface area contributed by atoms with Gasteiger partial charge < -0.3 is 19.5 Å². The standard InChI is InChI=1S/C15H34NO.C5H10O2/c1-5-8-11-16(12-9-6-2,13-10-7-3)14-15(4)17;1-5(2,3)4(6)7/h15,17H,5-14H2,1-4H3;1-3H3,(H,6,7)/q+1;/p-1. The maximum absolute atomic E-state index is 9.91. The number of carboxylic acid groups (broad SMARTS) is 1. The Balaban J connectivity index is 0. The number of hydrogen-bond acceptors (Lipinski definition) is 3. The largest absolute Gasteiger partial charge is 0.550 e. The number of aliphatic carboxylic acids is 1. The van der Waals surface area contributed by atoms with E-state index in [4.69, 9.17) is 0 Å². The van der Waals surface area contributed by atoms with Crippen LogP contribution >= 0.6 is 0 Å². The summed E-state index contributed by atoms with van der Waals surface area (Å²) in [7, 11) is 0. The van der Waals surface area contributed by atoms with Gasteiger partial charge in [0.05, 0.1) is 19.6 Å². The number of nitrogens with zero attached hydrogens (tertiary/aromatic N) is 1. The normalized spacial score (nSPS) is 13.2. The first-order chi connectivity index (χ1) is 11.0. The minimum absolute atomic E-state index is 0.166. The third-order valence-corrected chi connectivity index (χ3v) is 4.22. The highest BCUT2D eigenvalue weighted by atomic mass is 16.4. The molecule has 1 unspecified atom stereocenters. The van der Waals surface area contributed by atoms with E-state index in [1.54, 1.807) is 20.8 Å². The van der Waals surface area contributed by atoms with Crippen LogP contribution in [0.5, 0.6) is 0 Å². The lowest BCUT2D eigenvalue weighted by atomic mass is 9.98. The van der Waals surface area contributed by atoms with E-state index in [0.29, 0.717) is 0 Å². The number of aliphatic hydroxyl groups is 1. The highest BCUT2D eigenvalue weighted by Crippen LogP contribution is 2.15. The number of carbonyl (C=O) groups excluding carboxylic acids is 1. The zero-order valence-corrected chi connectivity index (χ0v) is 17.4. The van der Waals surface area contributed by atoms with E-state index < -0.39 is 11.4 Å². The Morgan fingerprint density at radius 1 is 0.958 bits per heavy atom. The Morgan fingerprint density at radius 3 is 1.42 bits per heavy atom. The van der Waals surface area contributed by atoms with Gasteiger partial charge in [-0.25, -0.2) is 0 Å². The Bertz CT molecular complexity index is 287. The van der Waals surface area contributed by atoms with Crippen molar-refractivity contribution < 1.29 is 19.5 Å². The van der Waals surface area contributed by atoms with Crippen LogP contribution in [0.3, 0.4) is 0 Å². The van der Waals surface area contributed by atoms with Gasteiger partial charge in [0.1, 0.15) is 12.6 Å². The van der Waals surface area contributed by atoms with Gasteiger partial charge in [-0.1, -0.05) is 60.8 Å². The van der Waals surface area contributed by atoms with Crippen LogP contribution in [-0.2, 0) is 4.79 Å². The molecule has 4 heteroatoms. The number of hydrogen-bond donors (Lipinski definition) is 1. The second-order valence-corrected chi connectivity index (χ2v) is 8.14. The molecule has 24 heavy (non-hydrogen) atoms. The zero-order valence-electron chi connectivity index (χ0n) is 17.4. The van der Waals surface area contributed by atoms with E-state index in [2.05, 4.69) is 20.8 Å². The topological polar surface area (TPSA) is 60.4 Å². The second-order valence-electron chi connectivity index (χ2n) is 8.14. The summed E-state index contributed by atoms with van der Waals surface area (Å²) in [6.07, 6.45) is 7.50. The van der Waals surface area contributed by atoms with Crippen molar-refractivity contribution in [2.75, 3.05) is 26.2 Å².